The second-order valence-corrected chi connectivity index (χ2v) is 4.79. The van der Waals surface area contributed by atoms with Crippen molar-refractivity contribution in [3.8, 4) is 0 Å². The number of allylic oxidation sites excluding steroid dienone is 1. The molecule has 0 saturated heterocycles. The van der Waals surface area contributed by atoms with Gasteiger partial charge in [-0.3, -0.25) is 0 Å². The summed E-state index contributed by atoms with van der Waals surface area (Å²) in [4.78, 5) is 0. The summed E-state index contributed by atoms with van der Waals surface area (Å²) in [6.07, 6.45) is 4.40. The van der Waals surface area contributed by atoms with E-state index in [-0.39, 0.29) is 0 Å². The Balaban J connectivity index is 2.39. The first kappa shape index (κ1) is 13.7. The summed E-state index contributed by atoms with van der Waals surface area (Å²) in [5.74, 6) is 0. The fourth-order valence-electron chi connectivity index (χ4n) is 1.92. The number of unbranched alkanes of at least 4 members (excludes halogenated alkanes) is 1. The van der Waals surface area contributed by atoms with E-state index in [2.05, 4.69) is 38.6 Å². The molecule has 0 heterocycles. The van der Waals surface area contributed by atoms with Gasteiger partial charge in [-0.05, 0) is 68.7 Å². The summed E-state index contributed by atoms with van der Waals surface area (Å²) in [7, 11) is 0. The van der Waals surface area contributed by atoms with Crippen molar-refractivity contribution in [1.82, 2.24) is 0 Å². The van der Waals surface area contributed by atoms with Crippen LogP contribution in [-0.4, -0.2) is 5.71 Å². The Bertz CT molecular complexity index is 416. The molecule has 0 spiro atoms. The van der Waals surface area contributed by atoms with E-state index in [4.69, 9.17) is 5.41 Å². The number of rotatable bonds is 6. The Hall–Kier alpha value is -1.37. The second kappa shape index (κ2) is 6.39. The highest BCUT2D eigenvalue weighted by molar-refractivity contribution is 5.94. The summed E-state index contributed by atoms with van der Waals surface area (Å²) >= 11 is 0. The number of hydrogen-bond acceptors (Lipinski definition) is 1. The van der Waals surface area contributed by atoms with Gasteiger partial charge in [0, 0.05) is 5.71 Å². The molecule has 1 heteroatoms. The van der Waals surface area contributed by atoms with E-state index in [0.717, 1.165) is 24.8 Å². The molecule has 1 nitrogen and oxygen atoms in total. The highest BCUT2D eigenvalue weighted by Gasteiger charge is 2.01. The van der Waals surface area contributed by atoms with Gasteiger partial charge in [-0.2, -0.15) is 0 Å². The molecule has 0 unspecified atom stereocenters. The molecule has 0 atom stereocenters. The Kier molecular flexibility index (Phi) is 5.14. The molecular formula is C16H23N. The number of aryl methyl sites for hydroxylation is 2. The van der Waals surface area contributed by atoms with Gasteiger partial charge in [0.15, 0.2) is 0 Å². The Morgan fingerprint density at radius 1 is 1.24 bits per heavy atom. The Morgan fingerprint density at radius 3 is 2.59 bits per heavy atom. The molecule has 17 heavy (non-hydrogen) atoms. The second-order valence-electron chi connectivity index (χ2n) is 4.79. The zero-order valence-corrected chi connectivity index (χ0v) is 11.3. The third kappa shape index (κ3) is 4.18. The number of hydrogen-bond donors (Lipinski definition) is 1. The molecule has 1 rings (SSSR count). The summed E-state index contributed by atoms with van der Waals surface area (Å²) in [5, 5.41) is 7.46. The molecule has 0 aliphatic carbocycles. The SMILES string of the molecule is C=C(CCCCc1cccc(C)c1C)C(C)=N. The van der Waals surface area contributed by atoms with Crippen LogP contribution in [0.25, 0.3) is 0 Å². The van der Waals surface area contributed by atoms with E-state index in [1.807, 2.05) is 6.92 Å². The van der Waals surface area contributed by atoms with Crippen LogP contribution in [0.1, 0.15) is 42.9 Å². The molecule has 0 fully saturated rings. The lowest BCUT2D eigenvalue weighted by atomic mass is 9.97. The maximum absolute atomic E-state index is 7.46. The first-order valence-electron chi connectivity index (χ1n) is 6.30. The lowest BCUT2D eigenvalue weighted by Crippen LogP contribution is -1.96. The molecule has 0 amide bonds. The van der Waals surface area contributed by atoms with Crippen LogP contribution in [0.15, 0.2) is 30.4 Å². The smallest absolute Gasteiger partial charge is 0.0308 e. The summed E-state index contributed by atoms with van der Waals surface area (Å²) in [6.45, 7) is 10.1. The molecule has 0 saturated carbocycles. The summed E-state index contributed by atoms with van der Waals surface area (Å²) < 4.78 is 0. The molecule has 1 aromatic rings. The van der Waals surface area contributed by atoms with Gasteiger partial charge in [0.1, 0.15) is 0 Å². The zero-order chi connectivity index (χ0) is 12.8. The maximum Gasteiger partial charge on any atom is 0.0308 e. The van der Waals surface area contributed by atoms with Crippen LogP contribution in [-0.2, 0) is 6.42 Å². The van der Waals surface area contributed by atoms with E-state index >= 15 is 0 Å². The molecule has 1 aromatic carbocycles. The third-order valence-electron chi connectivity index (χ3n) is 3.42. The predicted octanol–water partition coefficient (Wildman–Crippen LogP) is 4.61. The van der Waals surface area contributed by atoms with Gasteiger partial charge >= 0.3 is 0 Å². The first-order valence-corrected chi connectivity index (χ1v) is 6.30. The Morgan fingerprint density at radius 2 is 1.94 bits per heavy atom. The van der Waals surface area contributed by atoms with Gasteiger partial charge in [0.2, 0.25) is 0 Å². The maximum atomic E-state index is 7.46. The van der Waals surface area contributed by atoms with Crippen molar-refractivity contribution < 1.29 is 0 Å². The molecule has 0 aliphatic heterocycles. The predicted molar refractivity (Wildman–Crippen MR) is 76.0 cm³/mol. The molecule has 92 valence electrons. The monoisotopic (exact) mass is 229 g/mol. The van der Waals surface area contributed by atoms with Crippen LogP contribution in [0.5, 0.6) is 0 Å². The number of nitrogens with one attached hydrogen (secondary N) is 1. The standard InChI is InChI=1S/C16H23N/c1-12-9-7-11-16(14(12)3)10-6-5-8-13(2)15(4)17/h7,9,11,17H,2,5-6,8,10H2,1,3-4H3. The summed E-state index contributed by atoms with van der Waals surface area (Å²) in [5.41, 5.74) is 5.86. The fourth-order valence-corrected chi connectivity index (χ4v) is 1.92. The van der Waals surface area contributed by atoms with Crippen LogP contribution in [0.2, 0.25) is 0 Å². The van der Waals surface area contributed by atoms with E-state index in [1.54, 1.807) is 0 Å². The van der Waals surface area contributed by atoms with Crippen molar-refractivity contribution in [3.05, 3.63) is 47.0 Å². The van der Waals surface area contributed by atoms with E-state index in [0.29, 0.717) is 5.71 Å². The van der Waals surface area contributed by atoms with Gasteiger partial charge < -0.3 is 5.41 Å². The lowest BCUT2D eigenvalue weighted by molar-refractivity contribution is 0.737. The summed E-state index contributed by atoms with van der Waals surface area (Å²) in [6, 6.07) is 6.52. The minimum atomic E-state index is 0.622. The van der Waals surface area contributed by atoms with Gasteiger partial charge in [-0.1, -0.05) is 24.8 Å². The normalized spacial score (nSPS) is 10.3. The van der Waals surface area contributed by atoms with Crippen molar-refractivity contribution in [2.24, 2.45) is 0 Å². The molecular weight excluding hydrogens is 206 g/mol. The molecule has 0 bridgehead atoms. The zero-order valence-electron chi connectivity index (χ0n) is 11.3. The topological polar surface area (TPSA) is 23.9 Å². The highest BCUT2D eigenvalue weighted by Crippen LogP contribution is 2.16. The lowest BCUT2D eigenvalue weighted by Gasteiger charge is -2.08. The average Bonchev–Trinajstić information content (AvgIpc) is 2.29. The Labute approximate surface area is 105 Å². The minimum Gasteiger partial charge on any atom is -0.305 e. The van der Waals surface area contributed by atoms with Gasteiger partial charge in [0.25, 0.3) is 0 Å². The van der Waals surface area contributed by atoms with Crippen LogP contribution in [0.4, 0.5) is 0 Å². The van der Waals surface area contributed by atoms with Crippen molar-refractivity contribution in [2.45, 2.75) is 46.5 Å². The molecule has 0 aliphatic rings. The van der Waals surface area contributed by atoms with Crippen LogP contribution in [0, 0.1) is 19.3 Å². The van der Waals surface area contributed by atoms with Gasteiger partial charge in [0.05, 0.1) is 0 Å². The fraction of sp³-hybridized carbons (Fsp3) is 0.438. The van der Waals surface area contributed by atoms with Gasteiger partial charge in [-0.25, -0.2) is 0 Å². The molecule has 0 aromatic heterocycles. The van der Waals surface area contributed by atoms with E-state index < -0.39 is 0 Å². The molecule has 0 radical (unpaired) electrons. The van der Waals surface area contributed by atoms with Crippen LogP contribution < -0.4 is 0 Å². The first-order chi connectivity index (χ1) is 8.02. The highest BCUT2D eigenvalue weighted by atomic mass is 14.4. The number of benzene rings is 1. The third-order valence-corrected chi connectivity index (χ3v) is 3.42. The van der Waals surface area contributed by atoms with E-state index in [1.165, 1.54) is 23.1 Å². The van der Waals surface area contributed by atoms with Crippen molar-refractivity contribution in [3.63, 3.8) is 0 Å². The van der Waals surface area contributed by atoms with Gasteiger partial charge in [-0.15, -0.1) is 0 Å². The average molecular weight is 229 g/mol. The largest absolute Gasteiger partial charge is 0.305 e. The minimum absolute atomic E-state index is 0.622. The quantitative estimate of drug-likeness (QED) is 0.544. The van der Waals surface area contributed by atoms with Crippen molar-refractivity contribution in [2.75, 3.05) is 0 Å². The van der Waals surface area contributed by atoms with Crippen molar-refractivity contribution >= 4 is 5.71 Å². The van der Waals surface area contributed by atoms with Crippen LogP contribution in [0.3, 0.4) is 0 Å². The van der Waals surface area contributed by atoms with E-state index in [9.17, 15) is 0 Å². The van der Waals surface area contributed by atoms with Crippen molar-refractivity contribution in [1.29, 1.82) is 5.41 Å². The molecule has 1 N–H and O–H groups in total. The van der Waals surface area contributed by atoms with Crippen LogP contribution >= 0.6 is 0 Å².